The number of para-hydroxylation sites is 1. The van der Waals surface area contributed by atoms with E-state index in [9.17, 15) is 13.6 Å². The Balaban J connectivity index is 1.91. The van der Waals surface area contributed by atoms with Crippen LogP contribution in [-0.4, -0.2) is 22.8 Å². The lowest BCUT2D eigenvalue weighted by atomic mass is 10.1. The molecule has 1 amide bonds. The number of rotatable bonds is 3. The van der Waals surface area contributed by atoms with Gasteiger partial charge in [0.1, 0.15) is 0 Å². The molecule has 5 heteroatoms. The summed E-state index contributed by atoms with van der Waals surface area (Å²) in [5.74, 6) is -2.14. The Morgan fingerprint density at radius 2 is 1.83 bits per heavy atom. The van der Waals surface area contributed by atoms with Crippen molar-refractivity contribution < 1.29 is 13.6 Å². The molecule has 0 fully saturated rings. The number of hydrogen-bond donors (Lipinski definition) is 0. The van der Waals surface area contributed by atoms with Crippen LogP contribution in [0.15, 0.2) is 54.7 Å². The van der Waals surface area contributed by atoms with Gasteiger partial charge in [-0.3, -0.25) is 9.78 Å². The van der Waals surface area contributed by atoms with Gasteiger partial charge >= 0.3 is 0 Å². The molecule has 0 aliphatic carbocycles. The van der Waals surface area contributed by atoms with Gasteiger partial charge in [-0.1, -0.05) is 30.3 Å². The number of nitrogens with zero attached hydrogens (tertiary/aromatic N) is 2. The number of carbonyl (C=O) groups excluding carboxylic acids is 1. The first-order chi connectivity index (χ1) is 11.1. The van der Waals surface area contributed by atoms with Gasteiger partial charge in [0.2, 0.25) is 0 Å². The predicted octanol–water partition coefficient (Wildman–Crippen LogP) is 3.79. The monoisotopic (exact) mass is 312 g/mol. The molecular formula is C18H14F2N2O. The molecule has 0 atom stereocenters. The zero-order valence-electron chi connectivity index (χ0n) is 12.5. The van der Waals surface area contributed by atoms with Gasteiger partial charge in [0.15, 0.2) is 11.6 Å². The van der Waals surface area contributed by atoms with E-state index in [-0.39, 0.29) is 18.0 Å². The molecule has 0 N–H and O–H groups in total. The lowest BCUT2D eigenvalue weighted by Crippen LogP contribution is -2.27. The fourth-order valence-electron chi connectivity index (χ4n) is 2.48. The second kappa shape index (κ2) is 6.12. The van der Waals surface area contributed by atoms with Crippen molar-refractivity contribution in [3.63, 3.8) is 0 Å². The second-order valence-corrected chi connectivity index (χ2v) is 5.25. The van der Waals surface area contributed by atoms with Crippen LogP contribution in [0.1, 0.15) is 15.9 Å². The largest absolute Gasteiger partial charge is 0.337 e. The third-order valence-corrected chi connectivity index (χ3v) is 3.65. The first-order valence-corrected chi connectivity index (χ1v) is 7.10. The van der Waals surface area contributed by atoms with Crippen LogP contribution in [0.2, 0.25) is 0 Å². The standard InChI is InChI=1S/C18H14F2N2O/c1-22(11-13-6-3-9-15(19)16(13)20)18(23)14-8-2-5-12-7-4-10-21-17(12)14/h2-10H,11H2,1H3. The molecule has 3 nitrogen and oxygen atoms in total. The summed E-state index contributed by atoms with van der Waals surface area (Å²) >= 11 is 0. The van der Waals surface area contributed by atoms with E-state index in [2.05, 4.69) is 4.98 Å². The van der Waals surface area contributed by atoms with Crippen molar-refractivity contribution in [2.45, 2.75) is 6.54 Å². The van der Waals surface area contributed by atoms with Crippen LogP contribution in [0.25, 0.3) is 10.9 Å². The fourth-order valence-corrected chi connectivity index (χ4v) is 2.48. The molecule has 0 aliphatic rings. The molecule has 23 heavy (non-hydrogen) atoms. The van der Waals surface area contributed by atoms with E-state index in [0.717, 1.165) is 11.5 Å². The van der Waals surface area contributed by atoms with Crippen molar-refractivity contribution in [2.75, 3.05) is 7.05 Å². The summed E-state index contributed by atoms with van der Waals surface area (Å²) in [5.41, 5.74) is 1.16. The van der Waals surface area contributed by atoms with Gasteiger partial charge in [-0.15, -0.1) is 0 Å². The summed E-state index contributed by atoms with van der Waals surface area (Å²) in [6, 6.07) is 12.9. The van der Waals surface area contributed by atoms with Crippen molar-refractivity contribution in [3.05, 3.63) is 77.5 Å². The highest BCUT2D eigenvalue weighted by Gasteiger charge is 2.17. The van der Waals surface area contributed by atoms with Crippen molar-refractivity contribution in [2.24, 2.45) is 0 Å². The van der Waals surface area contributed by atoms with Crippen LogP contribution in [-0.2, 0) is 6.54 Å². The van der Waals surface area contributed by atoms with Gasteiger partial charge in [0, 0.05) is 30.7 Å². The number of fused-ring (bicyclic) bond motifs is 1. The van der Waals surface area contributed by atoms with Gasteiger partial charge < -0.3 is 4.90 Å². The Labute approximate surface area is 132 Å². The number of pyridine rings is 1. The third-order valence-electron chi connectivity index (χ3n) is 3.65. The summed E-state index contributed by atoms with van der Waals surface area (Å²) in [4.78, 5) is 18.2. The molecule has 3 rings (SSSR count). The molecule has 2 aromatic carbocycles. The SMILES string of the molecule is CN(Cc1cccc(F)c1F)C(=O)c1cccc2cccnc12. The van der Waals surface area contributed by atoms with Crippen molar-refractivity contribution in [3.8, 4) is 0 Å². The minimum Gasteiger partial charge on any atom is -0.337 e. The summed E-state index contributed by atoms with van der Waals surface area (Å²) in [7, 11) is 1.55. The van der Waals surface area contributed by atoms with Crippen LogP contribution in [0.4, 0.5) is 8.78 Å². The molecule has 1 heterocycles. The van der Waals surface area contributed by atoms with Gasteiger partial charge in [-0.25, -0.2) is 8.78 Å². The highest BCUT2D eigenvalue weighted by Crippen LogP contribution is 2.19. The van der Waals surface area contributed by atoms with Crippen LogP contribution in [0, 0.1) is 11.6 Å². The zero-order chi connectivity index (χ0) is 16.4. The average molecular weight is 312 g/mol. The zero-order valence-corrected chi connectivity index (χ0v) is 12.5. The third kappa shape index (κ3) is 2.90. The summed E-state index contributed by atoms with van der Waals surface area (Å²) in [6.45, 7) is -0.0222. The molecule has 0 aliphatic heterocycles. The van der Waals surface area contributed by atoms with Gasteiger partial charge in [0.05, 0.1) is 11.1 Å². The predicted molar refractivity (Wildman–Crippen MR) is 83.9 cm³/mol. The molecular weight excluding hydrogens is 298 g/mol. The smallest absolute Gasteiger partial charge is 0.256 e. The van der Waals surface area contributed by atoms with Gasteiger partial charge in [0.25, 0.3) is 5.91 Å². The van der Waals surface area contributed by atoms with Crippen molar-refractivity contribution in [1.82, 2.24) is 9.88 Å². The van der Waals surface area contributed by atoms with Crippen LogP contribution < -0.4 is 0 Å². The minimum atomic E-state index is -0.928. The van der Waals surface area contributed by atoms with E-state index in [0.29, 0.717) is 11.1 Å². The van der Waals surface area contributed by atoms with Crippen LogP contribution in [0.3, 0.4) is 0 Å². The maximum Gasteiger partial charge on any atom is 0.256 e. The lowest BCUT2D eigenvalue weighted by Gasteiger charge is -2.18. The Bertz CT molecular complexity index is 875. The molecule has 1 aromatic heterocycles. The molecule has 0 radical (unpaired) electrons. The second-order valence-electron chi connectivity index (χ2n) is 5.25. The minimum absolute atomic E-state index is 0.0222. The van der Waals surface area contributed by atoms with E-state index >= 15 is 0 Å². The fraction of sp³-hybridized carbons (Fsp3) is 0.111. The maximum atomic E-state index is 13.8. The van der Waals surface area contributed by atoms with Crippen molar-refractivity contribution >= 4 is 16.8 Å². The molecule has 0 bridgehead atoms. The van der Waals surface area contributed by atoms with Gasteiger partial charge in [-0.2, -0.15) is 0 Å². The molecule has 0 saturated heterocycles. The van der Waals surface area contributed by atoms with Crippen LogP contribution >= 0.6 is 0 Å². The Hall–Kier alpha value is -2.82. The Kier molecular flexibility index (Phi) is 4.02. The van der Waals surface area contributed by atoms with Gasteiger partial charge in [-0.05, 0) is 18.2 Å². The number of halogens is 2. The van der Waals surface area contributed by atoms with E-state index in [4.69, 9.17) is 0 Å². The first-order valence-electron chi connectivity index (χ1n) is 7.10. The summed E-state index contributed by atoms with van der Waals surface area (Å²) in [6.07, 6.45) is 1.62. The van der Waals surface area contributed by atoms with Crippen molar-refractivity contribution in [1.29, 1.82) is 0 Å². The highest BCUT2D eigenvalue weighted by atomic mass is 19.2. The lowest BCUT2D eigenvalue weighted by molar-refractivity contribution is 0.0785. The normalized spacial score (nSPS) is 10.7. The van der Waals surface area contributed by atoms with E-state index < -0.39 is 11.6 Å². The Morgan fingerprint density at radius 1 is 1.09 bits per heavy atom. The quantitative estimate of drug-likeness (QED) is 0.737. The highest BCUT2D eigenvalue weighted by molar-refractivity contribution is 6.05. The topological polar surface area (TPSA) is 33.2 Å². The first kappa shape index (κ1) is 15.1. The number of amides is 1. The van der Waals surface area contributed by atoms with E-state index in [1.54, 1.807) is 31.4 Å². The average Bonchev–Trinajstić information content (AvgIpc) is 2.57. The maximum absolute atomic E-state index is 13.8. The molecule has 0 unspecified atom stereocenters. The van der Waals surface area contributed by atoms with Crippen LogP contribution in [0.5, 0.6) is 0 Å². The number of carbonyl (C=O) groups is 1. The van der Waals surface area contributed by atoms with E-state index in [1.165, 1.54) is 17.0 Å². The van der Waals surface area contributed by atoms with E-state index in [1.807, 2.05) is 12.1 Å². The molecule has 116 valence electrons. The Morgan fingerprint density at radius 3 is 2.65 bits per heavy atom. The molecule has 3 aromatic rings. The summed E-state index contributed by atoms with van der Waals surface area (Å²) in [5, 5.41) is 0.851. The number of benzene rings is 2. The number of aromatic nitrogens is 1. The number of hydrogen-bond acceptors (Lipinski definition) is 2. The molecule has 0 saturated carbocycles. The molecule has 0 spiro atoms. The summed E-state index contributed by atoms with van der Waals surface area (Å²) < 4.78 is 27.0.